The Hall–Kier alpha value is -1.57. The Kier molecular flexibility index (Phi) is 8.13. The lowest BCUT2D eigenvalue weighted by Gasteiger charge is -2.25. The number of aliphatic carboxylic acids is 1. The van der Waals surface area contributed by atoms with Crippen molar-refractivity contribution in [3.05, 3.63) is 0 Å². The molecule has 1 unspecified atom stereocenters. The highest BCUT2D eigenvalue weighted by Gasteiger charge is 2.36. The van der Waals surface area contributed by atoms with E-state index in [1.54, 1.807) is 13.8 Å². The second-order valence-electron chi connectivity index (χ2n) is 7.62. The van der Waals surface area contributed by atoms with Gasteiger partial charge in [-0.3, -0.25) is 14.4 Å². The van der Waals surface area contributed by atoms with Gasteiger partial charge in [-0.05, 0) is 32.6 Å². The molecule has 3 atom stereocenters. The first-order chi connectivity index (χ1) is 12.8. The molecule has 0 aromatic rings. The Bertz CT molecular complexity index is 576. The summed E-state index contributed by atoms with van der Waals surface area (Å²) in [5.41, 5.74) is 0. The Balaban J connectivity index is 1.77. The molecule has 27 heavy (non-hydrogen) atoms. The standard InChI is InChI=1S/C19H30N2O5S/c1-12(17(23)21-10-6-9-15(21)18(24)25)11-27-19(26)13(2)20-16(22)14-7-4-3-5-8-14/h12-15H,3-11H2,1-2H3,(H,20,22)(H,24,25)/t12?,13-,15-/m0/s1. The Morgan fingerprint density at radius 3 is 2.37 bits per heavy atom. The second-order valence-corrected chi connectivity index (χ2v) is 8.65. The molecule has 2 fully saturated rings. The number of thioether (sulfide) groups is 1. The van der Waals surface area contributed by atoms with Gasteiger partial charge in [0.15, 0.2) is 0 Å². The number of carbonyl (C=O) groups is 4. The summed E-state index contributed by atoms with van der Waals surface area (Å²) in [6, 6.07) is -1.35. The Labute approximate surface area is 164 Å². The summed E-state index contributed by atoms with van der Waals surface area (Å²) in [6.45, 7) is 3.83. The first kappa shape index (κ1) is 21.7. The van der Waals surface area contributed by atoms with E-state index in [-0.39, 0.29) is 28.6 Å². The second kappa shape index (κ2) is 10.1. The van der Waals surface area contributed by atoms with Gasteiger partial charge in [0.25, 0.3) is 0 Å². The summed E-state index contributed by atoms with van der Waals surface area (Å²) in [7, 11) is 0. The summed E-state index contributed by atoms with van der Waals surface area (Å²) >= 11 is 1.03. The minimum Gasteiger partial charge on any atom is -0.480 e. The molecular formula is C19H30N2O5S. The maximum atomic E-state index is 12.5. The number of carboxylic acids is 1. The average Bonchev–Trinajstić information content (AvgIpc) is 3.15. The van der Waals surface area contributed by atoms with Crippen LogP contribution in [-0.2, 0) is 19.2 Å². The third-order valence-corrected chi connectivity index (χ3v) is 6.71. The number of hydrogen-bond donors (Lipinski definition) is 2. The zero-order valence-electron chi connectivity index (χ0n) is 16.1. The molecule has 2 N–H and O–H groups in total. The maximum Gasteiger partial charge on any atom is 0.326 e. The van der Waals surface area contributed by atoms with Crippen LogP contribution < -0.4 is 5.32 Å². The third-order valence-electron chi connectivity index (χ3n) is 5.41. The van der Waals surface area contributed by atoms with E-state index in [0.717, 1.165) is 37.4 Å². The van der Waals surface area contributed by atoms with Gasteiger partial charge in [-0.15, -0.1) is 0 Å². The molecule has 0 aromatic carbocycles. The van der Waals surface area contributed by atoms with Crippen molar-refractivity contribution >= 4 is 34.7 Å². The molecule has 1 saturated carbocycles. The van der Waals surface area contributed by atoms with Gasteiger partial charge in [-0.1, -0.05) is 37.9 Å². The fourth-order valence-corrected chi connectivity index (χ4v) is 4.59. The van der Waals surface area contributed by atoms with Crippen LogP contribution in [0.3, 0.4) is 0 Å². The van der Waals surface area contributed by atoms with Crippen LogP contribution in [0.25, 0.3) is 0 Å². The van der Waals surface area contributed by atoms with Crippen LogP contribution in [0.15, 0.2) is 0 Å². The summed E-state index contributed by atoms with van der Waals surface area (Å²) in [6.07, 6.45) is 6.21. The van der Waals surface area contributed by atoms with Gasteiger partial charge in [-0.2, -0.15) is 0 Å². The largest absolute Gasteiger partial charge is 0.480 e. The van der Waals surface area contributed by atoms with Crippen LogP contribution in [0.4, 0.5) is 0 Å². The molecule has 7 nitrogen and oxygen atoms in total. The van der Waals surface area contributed by atoms with E-state index in [1.165, 1.54) is 11.3 Å². The zero-order chi connectivity index (χ0) is 20.0. The number of nitrogens with one attached hydrogen (secondary N) is 1. The fraction of sp³-hybridized carbons (Fsp3) is 0.789. The maximum absolute atomic E-state index is 12.5. The van der Waals surface area contributed by atoms with Crippen LogP contribution in [0.5, 0.6) is 0 Å². The Morgan fingerprint density at radius 1 is 1.07 bits per heavy atom. The molecule has 1 aliphatic heterocycles. The minimum atomic E-state index is -0.976. The highest BCUT2D eigenvalue weighted by atomic mass is 32.2. The van der Waals surface area contributed by atoms with Gasteiger partial charge in [0, 0.05) is 24.1 Å². The van der Waals surface area contributed by atoms with Crippen molar-refractivity contribution in [2.75, 3.05) is 12.3 Å². The van der Waals surface area contributed by atoms with Gasteiger partial charge in [0.1, 0.15) is 6.04 Å². The molecule has 0 spiro atoms. The monoisotopic (exact) mass is 398 g/mol. The zero-order valence-corrected chi connectivity index (χ0v) is 16.9. The van der Waals surface area contributed by atoms with Crippen molar-refractivity contribution in [3.63, 3.8) is 0 Å². The quantitative estimate of drug-likeness (QED) is 0.680. The molecule has 1 saturated heterocycles. The van der Waals surface area contributed by atoms with Crippen molar-refractivity contribution in [2.45, 2.75) is 70.9 Å². The molecule has 0 bridgehead atoms. The van der Waals surface area contributed by atoms with Crippen LogP contribution in [0, 0.1) is 11.8 Å². The smallest absolute Gasteiger partial charge is 0.326 e. The van der Waals surface area contributed by atoms with E-state index in [1.807, 2.05) is 0 Å². The van der Waals surface area contributed by atoms with Crippen LogP contribution >= 0.6 is 11.8 Å². The lowest BCUT2D eigenvalue weighted by molar-refractivity contribution is -0.149. The third kappa shape index (κ3) is 5.96. The lowest BCUT2D eigenvalue weighted by atomic mass is 9.88. The minimum absolute atomic E-state index is 0.00243. The first-order valence-electron chi connectivity index (χ1n) is 9.81. The van der Waals surface area contributed by atoms with E-state index in [0.29, 0.717) is 19.4 Å². The molecule has 0 aromatic heterocycles. The van der Waals surface area contributed by atoms with Crippen LogP contribution in [0.1, 0.15) is 58.8 Å². The number of rotatable bonds is 7. The van der Waals surface area contributed by atoms with Crippen molar-refractivity contribution in [1.82, 2.24) is 10.2 Å². The normalized spacial score (nSPS) is 22.9. The van der Waals surface area contributed by atoms with Crippen molar-refractivity contribution in [2.24, 2.45) is 11.8 Å². The number of nitrogens with zero attached hydrogens (tertiary/aromatic N) is 1. The van der Waals surface area contributed by atoms with Gasteiger partial charge in [-0.25, -0.2) is 4.79 Å². The number of likely N-dealkylation sites (tertiary alicyclic amines) is 1. The molecule has 0 radical (unpaired) electrons. The highest BCUT2D eigenvalue weighted by molar-refractivity contribution is 8.13. The molecule has 1 aliphatic carbocycles. The molecule has 8 heteroatoms. The number of amides is 2. The first-order valence-corrected chi connectivity index (χ1v) is 10.8. The van der Waals surface area contributed by atoms with Gasteiger partial charge >= 0.3 is 5.97 Å². The highest BCUT2D eigenvalue weighted by Crippen LogP contribution is 2.24. The summed E-state index contributed by atoms with van der Waals surface area (Å²) in [4.78, 5) is 49.7. The molecular weight excluding hydrogens is 368 g/mol. The predicted octanol–water partition coefficient (Wildman–Crippen LogP) is 2.04. The van der Waals surface area contributed by atoms with Gasteiger partial charge < -0.3 is 15.3 Å². The van der Waals surface area contributed by atoms with E-state index >= 15 is 0 Å². The topological polar surface area (TPSA) is 104 Å². The summed E-state index contributed by atoms with van der Waals surface area (Å²) < 4.78 is 0. The summed E-state index contributed by atoms with van der Waals surface area (Å²) in [5, 5.41) is 11.8. The lowest BCUT2D eigenvalue weighted by Crippen LogP contribution is -2.44. The fourth-order valence-electron chi connectivity index (χ4n) is 3.73. The molecule has 2 amide bonds. The molecule has 2 rings (SSSR count). The number of carboxylic acid groups (broad SMARTS) is 1. The van der Waals surface area contributed by atoms with Crippen LogP contribution in [-0.4, -0.2) is 57.3 Å². The van der Waals surface area contributed by atoms with E-state index in [2.05, 4.69) is 5.32 Å². The van der Waals surface area contributed by atoms with E-state index < -0.39 is 24.0 Å². The van der Waals surface area contributed by atoms with E-state index in [9.17, 15) is 24.3 Å². The van der Waals surface area contributed by atoms with Gasteiger partial charge in [0.2, 0.25) is 16.9 Å². The van der Waals surface area contributed by atoms with E-state index in [4.69, 9.17) is 0 Å². The van der Waals surface area contributed by atoms with Crippen LogP contribution in [0.2, 0.25) is 0 Å². The van der Waals surface area contributed by atoms with Gasteiger partial charge in [0.05, 0.1) is 6.04 Å². The Morgan fingerprint density at radius 2 is 1.74 bits per heavy atom. The van der Waals surface area contributed by atoms with Crippen molar-refractivity contribution in [3.8, 4) is 0 Å². The number of carbonyl (C=O) groups excluding carboxylic acids is 3. The molecule has 1 heterocycles. The molecule has 152 valence electrons. The average molecular weight is 399 g/mol. The summed E-state index contributed by atoms with van der Waals surface area (Å²) in [5.74, 6) is -1.41. The van der Waals surface area contributed by atoms with Crippen molar-refractivity contribution < 1.29 is 24.3 Å². The number of hydrogen-bond acceptors (Lipinski definition) is 5. The SMILES string of the molecule is CC(CSC(=O)[C@H](C)NC(=O)C1CCCCC1)C(=O)N1CCC[C@H]1C(=O)O. The van der Waals surface area contributed by atoms with Crippen molar-refractivity contribution in [1.29, 1.82) is 0 Å². The molecule has 2 aliphatic rings. The predicted molar refractivity (Wildman–Crippen MR) is 103 cm³/mol.